The van der Waals surface area contributed by atoms with Crippen LogP contribution in [0.4, 0.5) is 0 Å². The Morgan fingerprint density at radius 1 is 0.779 bits per heavy atom. The van der Waals surface area contributed by atoms with Crippen LogP contribution in [0.15, 0.2) is 11.6 Å². The molecule has 4 saturated carbocycles. The van der Waals surface area contributed by atoms with Gasteiger partial charge in [-0.25, -0.2) is 14.4 Å². The molecule has 68 heavy (non-hydrogen) atoms. The highest BCUT2D eigenvalue weighted by Crippen LogP contribution is 2.75. The number of rotatable bonds is 11. The Bertz CT molecular complexity index is 1990. The lowest BCUT2D eigenvalue weighted by Gasteiger charge is -2.71. The van der Waals surface area contributed by atoms with E-state index >= 15 is 0 Å². The summed E-state index contributed by atoms with van der Waals surface area (Å²) in [6, 6.07) is 0. The van der Waals surface area contributed by atoms with E-state index in [0.29, 0.717) is 12.8 Å². The van der Waals surface area contributed by atoms with Crippen molar-refractivity contribution < 1.29 is 97.9 Å². The van der Waals surface area contributed by atoms with Crippen LogP contribution in [0.1, 0.15) is 106 Å². The monoisotopic (exact) mass is 968 g/mol. The Morgan fingerprint density at radius 3 is 2.12 bits per heavy atom. The van der Waals surface area contributed by atoms with Crippen LogP contribution in [0.2, 0.25) is 0 Å². The summed E-state index contributed by atoms with van der Waals surface area (Å²) in [5.41, 5.74) is 0.139. The molecule has 0 aromatic heterocycles. The molecule has 3 aliphatic heterocycles. The lowest BCUT2D eigenvalue weighted by Crippen LogP contribution is -2.73. The molecular formula is C48H72O20. The zero-order valence-electron chi connectivity index (χ0n) is 40.1. The molecule has 8 aliphatic rings. The number of aliphatic carboxylic acids is 3. The number of aliphatic hydroxyl groups is 5. The second-order valence-corrected chi connectivity index (χ2v) is 23.1. The summed E-state index contributed by atoms with van der Waals surface area (Å²) in [7, 11) is 0.948. The first-order valence-corrected chi connectivity index (χ1v) is 24.1. The highest BCUT2D eigenvalue weighted by atomic mass is 16.8. The number of hydrogen-bond donors (Lipinski definition) is 8. The van der Waals surface area contributed by atoms with Crippen LogP contribution in [-0.2, 0) is 57.1 Å². The number of carbonyl (C=O) groups is 4. The highest BCUT2D eigenvalue weighted by Gasteiger charge is 2.69. The minimum atomic E-state index is -2.79. The van der Waals surface area contributed by atoms with E-state index in [1.807, 2.05) is 0 Å². The highest BCUT2D eigenvalue weighted by molar-refractivity contribution is 5.77. The molecule has 20 nitrogen and oxygen atoms in total. The lowest BCUT2D eigenvalue weighted by molar-refractivity contribution is -0.438. The summed E-state index contributed by atoms with van der Waals surface area (Å²) in [5, 5.41) is 82.6. The van der Waals surface area contributed by atoms with Crippen molar-refractivity contribution in [3.05, 3.63) is 11.6 Å². The van der Waals surface area contributed by atoms with Gasteiger partial charge < -0.3 is 78.7 Å². The molecule has 8 rings (SSSR count). The van der Waals surface area contributed by atoms with Gasteiger partial charge in [-0.05, 0) is 109 Å². The van der Waals surface area contributed by atoms with Gasteiger partial charge in [0.05, 0.1) is 18.6 Å². The molecule has 0 aromatic carbocycles. The lowest BCUT2D eigenvalue weighted by atomic mass is 9.34. The molecule has 21 unspecified atom stereocenters. The topological polar surface area (TPSA) is 304 Å². The second kappa shape index (κ2) is 18.0. The van der Waals surface area contributed by atoms with Gasteiger partial charge in [0.15, 0.2) is 12.4 Å². The van der Waals surface area contributed by atoms with Crippen molar-refractivity contribution in [3.63, 3.8) is 0 Å². The minimum absolute atomic E-state index is 0.0277. The van der Waals surface area contributed by atoms with Crippen LogP contribution in [0, 0.1) is 56.7 Å². The fraction of sp³-hybridized carbons (Fsp3) is 0.875. The molecule has 3 saturated heterocycles. The maximum atomic E-state index is 14.2. The molecular weight excluding hydrogens is 897 g/mol. The molecule has 5 aliphatic carbocycles. The number of fused-ring (bicyclic) bond motifs is 8. The number of carbonyl (C=O) groups excluding carboxylic acids is 1. The number of carboxylic acid groups (broad SMARTS) is 3. The smallest absolute Gasteiger partial charge is 0.370 e. The minimum Gasteiger partial charge on any atom is -0.480 e. The summed E-state index contributed by atoms with van der Waals surface area (Å²) in [4.78, 5) is 50.7. The third kappa shape index (κ3) is 8.04. The Balaban J connectivity index is 1.01. The Morgan fingerprint density at radius 2 is 1.49 bits per heavy atom. The first kappa shape index (κ1) is 51.5. The van der Waals surface area contributed by atoms with Gasteiger partial charge in [0.2, 0.25) is 12.6 Å². The van der Waals surface area contributed by atoms with E-state index in [0.717, 1.165) is 52.1 Å². The zero-order chi connectivity index (χ0) is 49.8. The quantitative estimate of drug-likeness (QED) is 0.0836. The van der Waals surface area contributed by atoms with Crippen LogP contribution >= 0.6 is 0 Å². The second-order valence-electron chi connectivity index (χ2n) is 23.1. The van der Waals surface area contributed by atoms with Gasteiger partial charge in [0, 0.05) is 7.11 Å². The van der Waals surface area contributed by atoms with Gasteiger partial charge in [-0.15, -0.1) is 0 Å². The predicted octanol–water partition coefficient (Wildman–Crippen LogP) is 2.18. The number of ether oxygens (including phenoxy) is 8. The maximum Gasteiger partial charge on any atom is 0.370 e. The van der Waals surface area contributed by atoms with E-state index in [-0.39, 0.29) is 45.3 Å². The molecule has 0 amide bonds. The summed E-state index contributed by atoms with van der Waals surface area (Å²) in [5.74, 6) is -8.15. The fourth-order valence-corrected chi connectivity index (χ4v) is 15.2. The first-order valence-electron chi connectivity index (χ1n) is 24.1. The molecule has 20 heteroatoms. The first-order chi connectivity index (χ1) is 31.7. The number of allylic oxidation sites excluding steroid dienone is 2. The van der Waals surface area contributed by atoms with Crippen LogP contribution < -0.4 is 0 Å². The van der Waals surface area contributed by atoms with Gasteiger partial charge >= 0.3 is 29.7 Å². The summed E-state index contributed by atoms with van der Waals surface area (Å²) in [6.45, 7) is 14.2. The fourth-order valence-electron chi connectivity index (χ4n) is 15.2. The van der Waals surface area contributed by atoms with E-state index in [9.17, 15) is 60.0 Å². The summed E-state index contributed by atoms with van der Waals surface area (Å²) >= 11 is 0. The van der Waals surface area contributed by atoms with Crippen molar-refractivity contribution in [2.45, 2.75) is 186 Å². The molecule has 8 N–H and O–H groups in total. The van der Waals surface area contributed by atoms with Crippen molar-refractivity contribution in [2.75, 3.05) is 20.3 Å². The standard InChI is InChI=1S/C48H72O20/c1-43(2)17-22-21(23(18-43)38(58)67-39-32(54)31(53)30(52)25(19-49)63-39)11-15-46(6)24(22)9-10-27-45(5)14-13-28(44(3,4)26(45)12-16-47(27,46)7)64-40-33(55)34-35(36(65-40)37(56)57)68-48(61-8,41(59)60)42(66-34)62-20-29(50)51/h9,21-23,25-28,30-36,39-40,42,49,52-55H,10-20H2,1-8H3,(H,50,51)(H,56,57)(H,59,60). The third-order valence-electron chi connectivity index (χ3n) is 18.7. The number of carboxylic acids is 3. The number of esters is 1. The van der Waals surface area contributed by atoms with E-state index in [2.05, 4.69) is 54.5 Å². The molecule has 384 valence electrons. The van der Waals surface area contributed by atoms with Crippen LogP contribution in [0.25, 0.3) is 0 Å². The summed E-state index contributed by atoms with van der Waals surface area (Å²) < 4.78 is 45.8. The van der Waals surface area contributed by atoms with Gasteiger partial charge in [0.25, 0.3) is 0 Å². The van der Waals surface area contributed by atoms with Crippen LogP contribution in [0.3, 0.4) is 0 Å². The van der Waals surface area contributed by atoms with Gasteiger partial charge in [-0.3, -0.25) is 4.79 Å². The summed E-state index contributed by atoms with van der Waals surface area (Å²) in [6.07, 6.45) is -9.26. The van der Waals surface area contributed by atoms with Crippen molar-refractivity contribution in [2.24, 2.45) is 56.7 Å². The average molecular weight is 969 g/mol. The molecule has 0 bridgehead atoms. The van der Waals surface area contributed by atoms with E-state index in [1.54, 1.807) is 0 Å². The zero-order valence-corrected chi connectivity index (χ0v) is 40.1. The number of methoxy groups -OCH3 is 1. The maximum absolute atomic E-state index is 14.2. The van der Waals surface area contributed by atoms with Crippen LogP contribution in [0.5, 0.6) is 0 Å². The molecule has 0 aromatic rings. The SMILES string of the molecule is COC1(C(=O)O)OC2C(C(=O)O)OC(OC3CCC4(C)C(CCC5(C)C4CC=C4C6CC(C)(C)CC(C(=O)OC7OC(CO)C(O)C(O)C7O)C6CCC45C)C3(C)C)C(O)C2OC1OCC(=O)O. The van der Waals surface area contributed by atoms with E-state index in [4.69, 9.17) is 37.9 Å². The Hall–Kier alpha value is -2.86. The number of hydrogen-bond acceptors (Lipinski definition) is 17. The molecule has 21 atom stereocenters. The Labute approximate surface area is 395 Å². The van der Waals surface area contributed by atoms with Gasteiger partial charge in [-0.1, -0.05) is 60.1 Å². The van der Waals surface area contributed by atoms with Crippen molar-refractivity contribution in [3.8, 4) is 0 Å². The van der Waals surface area contributed by atoms with Gasteiger partial charge in [0.1, 0.15) is 49.3 Å². The van der Waals surface area contributed by atoms with Gasteiger partial charge in [-0.2, -0.15) is 0 Å². The number of aliphatic hydroxyl groups excluding tert-OH is 5. The van der Waals surface area contributed by atoms with E-state index in [1.165, 1.54) is 5.57 Å². The van der Waals surface area contributed by atoms with Crippen LogP contribution in [-0.4, -0.2) is 165 Å². The van der Waals surface area contributed by atoms with Crippen molar-refractivity contribution in [1.82, 2.24) is 0 Å². The van der Waals surface area contributed by atoms with E-state index < -0.39 is 128 Å². The average Bonchev–Trinajstić information content (AvgIpc) is 3.26. The molecule has 0 spiro atoms. The molecule has 7 fully saturated rings. The predicted molar refractivity (Wildman–Crippen MR) is 231 cm³/mol. The van der Waals surface area contributed by atoms with Crippen molar-refractivity contribution in [1.29, 1.82) is 0 Å². The molecule has 0 radical (unpaired) electrons. The largest absolute Gasteiger partial charge is 0.480 e. The Kier molecular flexibility index (Phi) is 13.6. The van der Waals surface area contributed by atoms with Crippen molar-refractivity contribution >= 4 is 23.9 Å². The third-order valence-corrected chi connectivity index (χ3v) is 18.7. The molecule has 3 heterocycles. The normalized spacial score (nSPS) is 49.3.